The van der Waals surface area contributed by atoms with Gasteiger partial charge in [-0.25, -0.2) is 4.98 Å². The largest absolute Gasteiger partial charge is 0.389 e. The smallest absolute Gasteiger partial charge is 0.331 e. The fourth-order valence-corrected chi connectivity index (χ4v) is 5.10. The number of benzene rings is 1. The van der Waals surface area contributed by atoms with E-state index in [0.717, 1.165) is 50.2 Å². The van der Waals surface area contributed by atoms with Crippen molar-refractivity contribution < 1.29 is 13.2 Å². The van der Waals surface area contributed by atoms with Gasteiger partial charge in [-0.05, 0) is 62.2 Å². The molecule has 1 aromatic heterocycles. The van der Waals surface area contributed by atoms with E-state index in [1.54, 1.807) is 0 Å². The Labute approximate surface area is 199 Å². The van der Waals surface area contributed by atoms with Gasteiger partial charge in [0.25, 0.3) is 0 Å². The van der Waals surface area contributed by atoms with E-state index in [2.05, 4.69) is 35.0 Å². The number of piperidine rings is 1. The van der Waals surface area contributed by atoms with E-state index in [1.165, 1.54) is 22.3 Å². The highest BCUT2D eigenvalue weighted by molar-refractivity contribution is 5.70. The first-order valence-corrected chi connectivity index (χ1v) is 11.9. The lowest BCUT2D eigenvalue weighted by molar-refractivity contribution is -0.134. The summed E-state index contributed by atoms with van der Waals surface area (Å²) >= 11 is 0. The third-order valence-electron chi connectivity index (χ3n) is 6.87. The fraction of sp³-hybridized carbons (Fsp3) is 0.538. The minimum Gasteiger partial charge on any atom is -0.331 e. The Morgan fingerprint density at radius 3 is 2.59 bits per heavy atom. The molecular formula is C26H32F3N5. The molecule has 1 aromatic carbocycles. The van der Waals surface area contributed by atoms with E-state index in [-0.39, 0.29) is 12.5 Å². The summed E-state index contributed by atoms with van der Waals surface area (Å²) in [4.78, 5) is 8.95. The summed E-state index contributed by atoms with van der Waals surface area (Å²) in [6, 6.07) is 6.75. The maximum atomic E-state index is 12.9. The van der Waals surface area contributed by atoms with Gasteiger partial charge < -0.3 is 9.47 Å². The second kappa shape index (κ2) is 9.93. The molecule has 1 fully saturated rings. The molecule has 1 aliphatic heterocycles. The number of allylic oxidation sites excluding steroid dienone is 1. The van der Waals surface area contributed by atoms with Crippen LogP contribution in [0.2, 0.25) is 0 Å². The quantitative estimate of drug-likeness (QED) is 0.567. The Balaban J connectivity index is 1.42. The number of aromatic nitrogens is 2. The van der Waals surface area contributed by atoms with Gasteiger partial charge in [-0.3, -0.25) is 4.90 Å². The van der Waals surface area contributed by atoms with Gasteiger partial charge in [0.15, 0.2) is 0 Å². The van der Waals surface area contributed by atoms with Crippen LogP contribution in [0.15, 0.2) is 23.9 Å². The molecule has 5 nitrogen and oxygen atoms in total. The molecule has 2 aliphatic rings. The van der Waals surface area contributed by atoms with Gasteiger partial charge in [-0.15, -0.1) is 0 Å². The van der Waals surface area contributed by atoms with E-state index in [9.17, 15) is 18.4 Å². The van der Waals surface area contributed by atoms with Gasteiger partial charge in [-0.2, -0.15) is 18.4 Å². The van der Waals surface area contributed by atoms with Gasteiger partial charge in [0.05, 0.1) is 18.2 Å². The molecular weight excluding hydrogens is 439 g/mol. The number of hydrogen-bond acceptors (Lipinski definition) is 4. The predicted octanol–water partition coefficient (Wildman–Crippen LogP) is 5.05. The molecule has 2 aromatic rings. The normalized spacial score (nSPS) is 17.2. The average Bonchev–Trinajstić information content (AvgIpc) is 3.38. The first-order chi connectivity index (χ1) is 16.1. The Bertz CT molecular complexity index is 1100. The maximum Gasteiger partial charge on any atom is 0.389 e. The first kappa shape index (κ1) is 24.5. The Kier molecular flexibility index (Phi) is 7.15. The molecule has 0 spiro atoms. The summed E-state index contributed by atoms with van der Waals surface area (Å²) in [5.41, 5.74) is 6.55. The van der Waals surface area contributed by atoms with Crippen LogP contribution >= 0.6 is 0 Å². The van der Waals surface area contributed by atoms with E-state index in [0.29, 0.717) is 12.4 Å². The average molecular weight is 472 g/mol. The number of fused-ring (bicyclic) bond motifs is 1. The van der Waals surface area contributed by atoms with Crippen LogP contribution in [0.1, 0.15) is 59.1 Å². The van der Waals surface area contributed by atoms with Gasteiger partial charge in [0, 0.05) is 56.8 Å². The predicted molar refractivity (Wildman–Crippen MR) is 126 cm³/mol. The molecule has 182 valence electrons. The number of halogens is 3. The van der Waals surface area contributed by atoms with Crippen LogP contribution in [-0.4, -0.2) is 52.7 Å². The number of imidazole rings is 1. The molecule has 34 heavy (non-hydrogen) atoms. The fourth-order valence-electron chi connectivity index (χ4n) is 5.10. The van der Waals surface area contributed by atoms with Gasteiger partial charge in [-0.1, -0.05) is 12.1 Å². The number of rotatable bonds is 7. The highest BCUT2D eigenvalue weighted by Gasteiger charge is 2.29. The summed E-state index contributed by atoms with van der Waals surface area (Å²) in [7, 11) is 3.87. The second-order valence-electron chi connectivity index (χ2n) is 9.80. The third kappa shape index (κ3) is 5.70. The molecule has 0 amide bonds. The first-order valence-electron chi connectivity index (χ1n) is 11.9. The van der Waals surface area contributed by atoms with Crippen LogP contribution in [0.3, 0.4) is 0 Å². The number of nitrogens with zero attached hydrogens (tertiary/aromatic N) is 5. The van der Waals surface area contributed by atoms with Crippen molar-refractivity contribution in [3.63, 3.8) is 0 Å². The summed E-state index contributed by atoms with van der Waals surface area (Å²) in [5, 5.41) is 9.22. The lowest BCUT2D eigenvalue weighted by atomic mass is 9.97. The monoisotopic (exact) mass is 471 g/mol. The Hall–Kier alpha value is -2.63. The maximum absolute atomic E-state index is 12.9. The molecule has 0 saturated carbocycles. The van der Waals surface area contributed by atoms with Gasteiger partial charge >= 0.3 is 6.18 Å². The summed E-state index contributed by atoms with van der Waals surface area (Å²) < 4.78 is 40.6. The minimum absolute atomic E-state index is 0.0797. The molecule has 2 heterocycles. The summed E-state index contributed by atoms with van der Waals surface area (Å²) in [5.74, 6) is 0.544. The lowest BCUT2D eigenvalue weighted by Gasteiger charge is -2.33. The van der Waals surface area contributed by atoms with E-state index < -0.39 is 12.6 Å². The van der Waals surface area contributed by atoms with E-state index in [1.807, 2.05) is 35.8 Å². The molecule has 0 N–H and O–H groups in total. The van der Waals surface area contributed by atoms with Crippen molar-refractivity contribution in [2.75, 3.05) is 27.2 Å². The minimum atomic E-state index is -4.18. The van der Waals surface area contributed by atoms with Crippen molar-refractivity contribution in [3.05, 3.63) is 57.7 Å². The Morgan fingerprint density at radius 2 is 1.94 bits per heavy atom. The highest BCUT2D eigenvalue weighted by atomic mass is 19.4. The zero-order chi connectivity index (χ0) is 24.5. The number of hydrogen-bond donors (Lipinski definition) is 0. The van der Waals surface area contributed by atoms with Crippen molar-refractivity contribution in [1.82, 2.24) is 19.4 Å². The lowest BCUT2D eigenvalue weighted by Crippen LogP contribution is -2.34. The number of alkyl halides is 3. The van der Waals surface area contributed by atoms with E-state index >= 15 is 0 Å². The second-order valence-corrected chi connectivity index (χ2v) is 9.80. The van der Waals surface area contributed by atoms with Crippen molar-refractivity contribution in [2.24, 2.45) is 0 Å². The van der Waals surface area contributed by atoms with Crippen LogP contribution in [0, 0.1) is 18.3 Å². The number of likely N-dealkylation sites (tertiary alicyclic amines) is 1. The van der Waals surface area contributed by atoms with Crippen LogP contribution in [0.25, 0.3) is 6.08 Å². The molecule has 1 saturated heterocycles. The summed E-state index contributed by atoms with van der Waals surface area (Å²) in [6.07, 6.45) is 1.35. The van der Waals surface area contributed by atoms with Crippen LogP contribution in [0.4, 0.5) is 13.2 Å². The van der Waals surface area contributed by atoms with Crippen molar-refractivity contribution >= 4 is 6.08 Å². The van der Waals surface area contributed by atoms with Crippen molar-refractivity contribution in [3.8, 4) is 6.07 Å². The SMILES string of the molecule is Cc1c(CN2CCC(n3cc(CN(C)C)nc3CCC(F)(F)F)CC2)ccc2c1C=C(C#N)C2. The van der Waals surface area contributed by atoms with Crippen LogP contribution in [-0.2, 0) is 25.9 Å². The molecule has 1 aliphatic carbocycles. The Morgan fingerprint density at radius 1 is 1.21 bits per heavy atom. The highest BCUT2D eigenvalue weighted by Crippen LogP contribution is 2.32. The molecule has 4 rings (SSSR count). The zero-order valence-electron chi connectivity index (χ0n) is 20.1. The van der Waals surface area contributed by atoms with Crippen LogP contribution in [0.5, 0.6) is 0 Å². The van der Waals surface area contributed by atoms with Gasteiger partial charge in [0.1, 0.15) is 5.82 Å². The summed E-state index contributed by atoms with van der Waals surface area (Å²) in [6.45, 7) is 5.37. The molecule has 0 atom stereocenters. The van der Waals surface area contributed by atoms with Crippen molar-refractivity contribution in [2.45, 2.75) is 64.3 Å². The molecule has 0 radical (unpaired) electrons. The molecule has 0 unspecified atom stereocenters. The number of nitriles is 1. The van der Waals surface area contributed by atoms with Gasteiger partial charge in [0.2, 0.25) is 0 Å². The van der Waals surface area contributed by atoms with Crippen molar-refractivity contribution in [1.29, 1.82) is 5.26 Å². The van der Waals surface area contributed by atoms with Crippen LogP contribution < -0.4 is 0 Å². The number of aryl methyl sites for hydroxylation is 1. The standard InChI is InChI=1S/C26H32F3N5/c1-18-21(5-4-20-12-19(14-30)13-24(18)20)15-33-10-7-23(8-11-33)34-17-22(16-32(2)3)31-25(34)6-9-26(27,28)29/h4-5,13,17,23H,6-12,15-16H2,1-3H3. The van der Waals surface area contributed by atoms with E-state index in [4.69, 9.17) is 0 Å². The zero-order valence-corrected chi connectivity index (χ0v) is 20.1. The molecule has 0 bridgehead atoms. The third-order valence-corrected chi connectivity index (χ3v) is 6.87. The molecule has 8 heteroatoms. The topological polar surface area (TPSA) is 48.1 Å².